The number of para-hydroxylation sites is 2. The van der Waals surface area contributed by atoms with E-state index in [9.17, 15) is 9.59 Å². The molecule has 3 rings (SSSR count). The Labute approximate surface area is 179 Å². The SMILES string of the molecule is Cc1ccc(NC(=O)NC(=O)[C@@H](C)Sc2nc3ccccc3n2CCC#N)c(C)c1. The fourth-order valence-electron chi connectivity index (χ4n) is 3.05. The van der Waals surface area contributed by atoms with Crippen LogP contribution in [-0.4, -0.2) is 26.7 Å². The van der Waals surface area contributed by atoms with Crippen LogP contribution in [0.5, 0.6) is 0 Å². The molecule has 1 aromatic heterocycles. The van der Waals surface area contributed by atoms with Crippen LogP contribution in [0, 0.1) is 25.2 Å². The maximum atomic E-state index is 12.5. The predicted molar refractivity (Wildman–Crippen MR) is 118 cm³/mol. The molecule has 0 unspecified atom stereocenters. The number of amides is 3. The monoisotopic (exact) mass is 421 g/mol. The van der Waals surface area contributed by atoms with Crippen LogP contribution in [0.2, 0.25) is 0 Å². The second kappa shape index (κ2) is 9.46. The van der Waals surface area contributed by atoms with E-state index < -0.39 is 17.2 Å². The number of imidazole rings is 1. The van der Waals surface area contributed by atoms with Gasteiger partial charge in [-0.15, -0.1) is 0 Å². The highest BCUT2D eigenvalue weighted by molar-refractivity contribution is 8.00. The lowest BCUT2D eigenvalue weighted by atomic mass is 10.1. The van der Waals surface area contributed by atoms with Crippen molar-refractivity contribution in [3.05, 3.63) is 53.6 Å². The van der Waals surface area contributed by atoms with E-state index in [1.165, 1.54) is 11.8 Å². The lowest BCUT2D eigenvalue weighted by Gasteiger charge is -2.14. The normalized spacial score (nSPS) is 11.7. The van der Waals surface area contributed by atoms with Crippen molar-refractivity contribution in [1.29, 1.82) is 5.26 Å². The molecule has 1 atom stereocenters. The molecule has 0 saturated heterocycles. The van der Waals surface area contributed by atoms with Gasteiger partial charge in [0.2, 0.25) is 5.91 Å². The number of imide groups is 1. The number of fused-ring (bicyclic) bond motifs is 1. The zero-order chi connectivity index (χ0) is 21.7. The third kappa shape index (κ3) is 4.99. The largest absolute Gasteiger partial charge is 0.325 e. The standard InChI is InChI=1S/C22H23N5O2S/c1-14-9-10-17(15(2)13-14)24-21(29)26-20(28)16(3)30-22-25-18-7-4-5-8-19(18)27(22)12-6-11-23/h4-5,7-10,13,16H,6,12H2,1-3H3,(H2,24,26,28,29)/t16-/m1/s1. The van der Waals surface area contributed by atoms with Gasteiger partial charge < -0.3 is 9.88 Å². The Balaban J connectivity index is 1.68. The number of anilines is 1. The number of rotatable bonds is 6. The third-order valence-corrected chi connectivity index (χ3v) is 5.68. The Morgan fingerprint density at radius 1 is 1.23 bits per heavy atom. The summed E-state index contributed by atoms with van der Waals surface area (Å²) in [5.74, 6) is -0.416. The van der Waals surface area contributed by atoms with Gasteiger partial charge in [-0.05, 0) is 44.5 Å². The smallest absolute Gasteiger partial charge is 0.318 e. The first kappa shape index (κ1) is 21.4. The van der Waals surface area contributed by atoms with E-state index in [4.69, 9.17) is 5.26 Å². The number of aromatic nitrogens is 2. The summed E-state index contributed by atoms with van der Waals surface area (Å²) in [5.41, 5.74) is 4.39. The van der Waals surface area contributed by atoms with Crippen molar-refractivity contribution in [2.75, 3.05) is 5.32 Å². The van der Waals surface area contributed by atoms with Crippen molar-refractivity contribution in [3.63, 3.8) is 0 Å². The van der Waals surface area contributed by atoms with Crippen molar-refractivity contribution in [1.82, 2.24) is 14.9 Å². The molecule has 0 fully saturated rings. The van der Waals surface area contributed by atoms with Crippen molar-refractivity contribution in [2.24, 2.45) is 0 Å². The molecule has 2 aromatic carbocycles. The minimum atomic E-state index is -0.572. The van der Waals surface area contributed by atoms with Gasteiger partial charge in [0.15, 0.2) is 5.16 Å². The number of nitrogens with zero attached hydrogens (tertiary/aromatic N) is 3. The van der Waals surface area contributed by atoms with Crippen LogP contribution in [-0.2, 0) is 11.3 Å². The molecule has 2 N–H and O–H groups in total. The lowest BCUT2D eigenvalue weighted by molar-refractivity contribution is -0.119. The van der Waals surface area contributed by atoms with Crippen molar-refractivity contribution < 1.29 is 9.59 Å². The second-order valence-electron chi connectivity index (χ2n) is 6.96. The van der Waals surface area contributed by atoms with Gasteiger partial charge in [-0.3, -0.25) is 10.1 Å². The van der Waals surface area contributed by atoms with Gasteiger partial charge in [0.05, 0.1) is 28.8 Å². The zero-order valence-electron chi connectivity index (χ0n) is 17.1. The lowest BCUT2D eigenvalue weighted by Crippen LogP contribution is -2.39. The fourth-order valence-corrected chi connectivity index (χ4v) is 4.00. The van der Waals surface area contributed by atoms with Crippen LogP contribution in [0.25, 0.3) is 11.0 Å². The van der Waals surface area contributed by atoms with Gasteiger partial charge in [-0.2, -0.15) is 5.26 Å². The summed E-state index contributed by atoms with van der Waals surface area (Å²) in [6.07, 6.45) is 0.340. The second-order valence-corrected chi connectivity index (χ2v) is 8.27. The van der Waals surface area contributed by atoms with E-state index >= 15 is 0 Å². The molecule has 0 radical (unpaired) electrons. The van der Waals surface area contributed by atoms with Gasteiger partial charge in [0.25, 0.3) is 0 Å². The number of hydrogen-bond donors (Lipinski definition) is 2. The van der Waals surface area contributed by atoms with Crippen LogP contribution >= 0.6 is 11.8 Å². The molecule has 0 aliphatic heterocycles. The Bertz CT molecular complexity index is 1130. The van der Waals surface area contributed by atoms with Crippen LogP contribution in [0.3, 0.4) is 0 Å². The first-order valence-electron chi connectivity index (χ1n) is 9.57. The molecule has 0 bridgehead atoms. The Morgan fingerprint density at radius 2 is 2.00 bits per heavy atom. The van der Waals surface area contributed by atoms with Crippen LogP contribution in [0.15, 0.2) is 47.6 Å². The summed E-state index contributed by atoms with van der Waals surface area (Å²) in [6.45, 7) is 6.08. The van der Waals surface area contributed by atoms with Gasteiger partial charge >= 0.3 is 6.03 Å². The molecule has 154 valence electrons. The van der Waals surface area contributed by atoms with E-state index in [0.717, 1.165) is 22.2 Å². The van der Waals surface area contributed by atoms with Crippen LogP contribution in [0.4, 0.5) is 10.5 Å². The quantitative estimate of drug-likeness (QED) is 0.575. The summed E-state index contributed by atoms with van der Waals surface area (Å²) in [4.78, 5) is 29.4. The van der Waals surface area contributed by atoms with Crippen molar-refractivity contribution >= 4 is 40.4 Å². The van der Waals surface area contributed by atoms with E-state index in [1.54, 1.807) is 6.92 Å². The van der Waals surface area contributed by atoms with Gasteiger partial charge in [-0.1, -0.05) is 41.6 Å². The highest BCUT2D eigenvalue weighted by Gasteiger charge is 2.21. The number of hydrogen-bond acceptors (Lipinski definition) is 5. The summed E-state index contributed by atoms with van der Waals surface area (Å²) >= 11 is 1.26. The van der Waals surface area contributed by atoms with Crippen molar-refractivity contribution in [3.8, 4) is 6.07 Å². The average Bonchev–Trinajstić information content (AvgIpc) is 3.05. The fraction of sp³-hybridized carbons (Fsp3) is 0.273. The summed E-state index contributed by atoms with van der Waals surface area (Å²) < 4.78 is 1.93. The number of carbonyl (C=O) groups excluding carboxylic acids is 2. The predicted octanol–water partition coefficient (Wildman–Crippen LogP) is 4.40. The van der Waals surface area contributed by atoms with Crippen LogP contribution in [0.1, 0.15) is 24.5 Å². The molecule has 0 aliphatic carbocycles. The van der Waals surface area contributed by atoms with E-state index in [2.05, 4.69) is 21.7 Å². The minimum Gasteiger partial charge on any atom is -0.318 e. The molecule has 8 heteroatoms. The third-order valence-electron chi connectivity index (χ3n) is 4.58. The van der Waals surface area contributed by atoms with E-state index in [1.807, 2.05) is 60.9 Å². The molecular weight excluding hydrogens is 398 g/mol. The highest BCUT2D eigenvalue weighted by atomic mass is 32.2. The zero-order valence-corrected chi connectivity index (χ0v) is 17.9. The summed E-state index contributed by atoms with van der Waals surface area (Å²) in [6, 6.07) is 14.9. The molecule has 1 heterocycles. The summed E-state index contributed by atoms with van der Waals surface area (Å²) in [5, 5.41) is 14.1. The Morgan fingerprint density at radius 3 is 2.73 bits per heavy atom. The van der Waals surface area contributed by atoms with E-state index in [0.29, 0.717) is 23.8 Å². The number of nitriles is 1. The van der Waals surface area contributed by atoms with Gasteiger partial charge in [-0.25, -0.2) is 9.78 Å². The maximum absolute atomic E-state index is 12.5. The molecule has 0 spiro atoms. The average molecular weight is 422 g/mol. The van der Waals surface area contributed by atoms with Crippen LogP contribution < -0.4 is 10.6 Å². The van der Waals surface area contributed by atoms with Crippen molar-refractivity contribution in [2.45, 2.75) is 44.1 Å². The first-order chi connectivity index (χ1) is 14.4. The number of carbonyl (C=O) groups is 2. The molecule has 3 aromatic rings. The number of nitrogens with one attached hydrogen (secondary N) is 2. The minimum absolute atomic E-state index is 0.340. The number of urea groups is 1. The topological polar surface area (TPSA) is 99.8 Å². The number of thioether (sulfide) groups is 1. The molecule has 0 aliphatic rings. The van der Waals surface area contributed by atoms with E-state index in [-0.39, 0.29) is 0 Å². The first-order valence-corrected chi connectivity index (χ1v) is 10.4. The van der Waals surface area contributed by atoms with Gasteiger partial charge in [0.1, 0.15) is 0 Å². The number of benzene rings is 2. The highest BCUT2D eigenvalue weighted by Crippen LogP contribution is 2.27. The number of aryl methyl sites for hydroxylation is 3. The maximum Gasteiger partial charge on any atom is 0.325 e. The van der Waals surface area contributed by atoms with Gasteiger partial charge in [0, 0.05) is 12.2 Å². The molecule has 0 saturated carbocycles. The molecule has 7 nitrogen and oxygen atoms in total. The summed E-state index contributed by atoms with van der Waals surface area (Å²) in [7, 11) is 0. The molecule has 3 amide bonds. The Kier molecular flexibility index (Phi) is 6.75. The molecule has 30 heavy (non-hydrogen) atoms. The molecular formula is C22H23N5O2S. The Hall–Kier alpha value is -3.31.